The molecule has 0 saturated carbocycles. The lowest BCUT2D eigenvalue weighted by atomic mass is 10.0. The van der Waals surface area contributed by atoms with Crippen LogP contribution in [0.25, 0.3) is 0 Å². The average Bonchev–Trinajstić information content (AvgIpc) is 2.54. The Kier molecular flexibility index (Phi) is 6.71. The summed E-state index contributed by atoms with van der Waals surface area (Å²) in [7, 11) is 2.13. The predicted molar refractivity (Wildman–Crippen MR) is 92.8 cm³/mol. The van der Waals surface area contributed by atoms with Crippen LogP contribution in [0.1, 0.15) is 44.7 Å². The van der Waals surface area contributed by atoms with Crippen molar-refractivity contribution in [2.75, 3.05) is 26.7 Å². The smallest absolute Gasteiger partial charge is 0.315 e. The monoisotopic (exact) mass is 319 g/mol. The molecule has 128 valence electrons. The topological polar surface area (TPSA) is 53.6 Å². The first kappa shape index (κ1) is 17.6. The van der Waals surface area contributed by atoms with Gasteiger partial charge in [-0.2, -0.15) is 0 Å². The molecule has 1 aliphatic heterocycles. The number of unbranched alkanes of at least 4 members (excludes halogenated alkanes) is 1. The molecule has 0 aliphatic carbocycles. The largest absolute Gasteiger partial charge is 0.493 e. The highest BCUT2D eigenvalue weighted by atomic mass is 16.5. The summed E-state index contributed by atoms with van der Waals surface area (Å²) >= 11 is 0. The highest BCUT2D eigenvalue weighted by Gasteiger charge is 2.22. The first-order valence-corrected chi connectivity index (χ1v) is 8.54. The molecule has 1 heterocycles. The molecule has 5 heteroatoms. The number of nitrogens with one attached hydrogen (secondary N) is 2. The third kappa shape index (κ3) is 5.43. The number of ether oxygens (including phenoxy) is 1. The predicted octanol–water partition coefficient (Wildman–Crippen LogP) is 2.93. The normalized spacial score (nSPS) is 16.8. The number of hydrogen-bond acceptors (Lipinski definition) is 3. The summed E-state index contributed by atoms with van der Waals surface area (Å²) in [6.07, 6.45) is 2.90. The van der Waals surface area contributed by atoms with Gasteiger partial charge in [-0.3, -0.25) is 0 Å². The number of para-hydroxylation sites is 1. The van der Waals surface area contributed by atoms with Crippen LogP contribution in [0, 0.1) is 0 Å². The van der Waals surface area contributed by atoms with Crippen molar-refractivity contribution in [2.24, 2.45) is 0 Å². The van der Waals surface area contributed by atoms with Gasteiger partial charge in [-0.1, -0.05) is 18.2 Å². The maximum atomic E-state index is 12.1. The molecule has 1 aliphatic rings. The van der Waals surface area contributed by atoms with E-state index in [2.05, 4.69) is 36.4 Å². The van der Waals surface area contributed by atoms with Gasteiger partial charge in [0.05, 0.1) is 12.6 Å². The Morgan fingerprint density at radius 1 is 1.35 bits per heavy atom. The van der Waals surface area contributed by atoms with E-state index in [0.29, 0.717) is 19.2 Å². The van der Waals surface area contributed by atoms with E-state index in [-0.39, 0.29) is 12.1 Å². The quantitative estimate of drug-likeness (QED) is 0.760. The zero-order valence-electron chi connectivity index (χ0n) is 14.5. The number of hydrogen-bond donors (Lipinski definition) is 2. The Bertz CT molecular complexity index is 505. The van der Waals surface area contributed by atoms with Crippen LogP contribution in [0.4, 0.5) is 4.79 Å². The summed E-state index contributed by atoms with van der Waals surface area (Å²) in [5.41, 5.74) is 1.06. The van der Waals surface area contributed by atoms with Gasteiger partial charge in [-0.25, -0.2) is 4.79 Å². The molecule has 0 bridgehead atoms. The van der Waals surface area contributed by atoms with Gasteiger partial charge in [0.1, 0.15) is 5.75 Å². The van der Waals surface area contributed by atoms with E-state index >= 15 is 0 Å². The SMILES string of the molecule is CC(C)N(C)CCCCNC(=O)N[C@@H]1CCOc2ccccc21. The van der Waals surface area contributed by atoms with Crippen molar-refractivity contribution in [2.45, 2.75) is 45.2 Å². The lowest BCUT2D eigenvalue weighted by Crippen LogP contribution is -2.40. The Morgan fingerprint density at radius 3 is 2.91 bits per heavy atom. The van der Waals surface area contributed by atoms with Crippen LogP contribution in [-0.4, -0.2) is 43.7 Å². The van der Waals surface area contributed by atoms with Crippen LogP contribution in [-0.2, 0) is 0 Å². The van der Waals surface area contributed by atoms with E-state index in [4.69, 9.17) is 4.74 Å². The van der Waals surface area contributed by atoms with E-state index in [9.17, 15) is 4.79 Å². The molecule has 2 N–H and O–H groups in total. The van der Waals surface area contributed by atoms with Crippen LogP contribution >= 0.6 is 0 Å². The average molecular weight is 319 g/mol. The number of benzene rings is 1. The molecule has 1 atom stereocenters. The van der Waals surface area contributed by atoms with Gasteiger partial charge in [0.2, 0.25) is 0 Å². The molecule has 23 heavy (non-hydrogen) atoms. The lowest BCUT2D eigenvalue weighted by molar-refractivity contribution is 0.222. The van der Waals surface area contributed by atoms with Gasteiger partial charge in [-0.15, -0.1) is 0 Å². The van der Waals surface area contributed by atoms with Crippen molar-refractivity contribution in [3.05, 3.63) is 29.8 Å². The van der Waals surface area contributed by atoms with Crippen molar-refractivity contribution < 1.29 is 9.53 Å². The van der Waals surface area contributed by atoms with Crippen molar-refractivity contribution in [1.29, 1.82) is 0 Å². The van der Waals surface area contributed by atoms with Crippen LogP contribution in [0.3, 0.4) is 0 Å². The fourth-order valence-corrected chi connectivity index (χ4v) is 2.65. The van der Waals surface area contributed by atoms with Crippen LogP contribution in [0.2, 0.25) is 0 Å². The molecule has 1 aromatic carbocycles. The minimum atomic E-state index is -0.0936. The molecule has 0 unspecified atom stereocenters. The number of rotatable bonds is 7. The fraction of sp³-hybridized carbons (Fsp3) is 0.611. The first-order valence-electron chi connectivity index (χ1n) is 8.54. The maximum Gasteiger partial charge on any atom is 0.315 e. The molecule has 0 radical (unpaired) electrons. The highest BCUT2D eigenvalue weighted by Crippen LogP contribution is 2.31. The van der Waals surface area contributed by atoms with Gasteiger partial charge in [0.25, 0.3) is 0 Å². The molecule has 2 rings (SSSR count). The zero-order chi connectivity index (χ0) is 16.7. The molecule has 0 saturated heterocycles. The third-order valence-corrected chi connectivity index (χ3v) is 4.37. The Morgan fingerprint density at radius 2 is 2.13 bits per heavy atom. The van der Waals surface area contributed by atoms with Crippen molar-refractivity contribution in [3.63, 3.8) is 0 Å². The molecular formula is C18H29N3O2. The van der Waals surface area contributed by atoms with Crippen LogP contribution in [0.5, 0.6) is 5.75 Å². The van der Waals surface area contributed by atoms with Gasteiger partial charge in [-0.05, 0) is 46.3 Å². The van der Waals surface area contributed by atoms with E-state index in [0.717, 1.165) is 37.1 Å². The molecule has 0 fully saturated rings. The second-order valence-corrected chi connectivity index (χ2v) is 6.41. The van der Waals surface area contributed by atoms with Gasteiger partial charge in [0, 0.05) is 24.6 Å². The molecule has 1 aromatic rings. The summed E-state index contributed by atoms with van der Waals surface area (Å²) in [5, 5.41) is 6.01. The lowest BCUT2D eigenvalue weighted by Gasteiger charge is -2.26. The molecular weight excluding hydrogens is 290 g/mol. The Balaban J connectivity index is 1.68. The highest BCUT2D eigenvalue weighted by molar-refractivity contribution is 5.74. The van der Waals surface area contributed by atoms with E-state index in [1.54, 1.807) is 0 Å². The van der Waals surface area contributed by atoms with Gasteiger partial charge < -0.3 is 20.3 Å². The Labute approximate surface area is 139 Å². The van der Waals surface area contributed by atoms with Crippen LogP contribution < -0.4 is 15.4 Å². The first-order chi connectivity index (χ1) is 11.1. The second kappa shape index (κ2) is 8.77. The van der Waals surface area contributed by atoms with Gasteiger partial charge >= 0.3 is 6.03 Å². The number of nitrogens with zero attached hydrogens (tertiary/aromatic N) is 1. The number of urea groups is 1. The minimum Gasteiger partial charge on any atom is -0.493 e. The second-order valence-electron chi connectivity index (χ2n) is 6.41. The summed E-state index contributed by atoms with van der Waals surface area (Å²) in [4.78, 5) is 14.4. The van der Waals surface area contributed by atoms with Gasteiger partial charge in [0.15, 0.2) is 0 Å². The van der Waals surface area contributed by atoms with Crippen molar-refractivity contribution in [1.82, 2.24) is 15.5 Å². The Hall–Kier alpha value is -1.75. The number of fused-ring (bicyclic) bond motifs is 1. The summed E-state index contributed by atoms with van der Waals surface area (Å²) in [5.74, 6) is 0.876. The number of carbonyl (C=O) groups is 1. The standard InChI is InChI=1S/C18H29N3O2/c1-14(2)21(3)12-7-6-11-19-18(22)20-16-10-13-23-17-9-5-4-8-15(16)17/h4-5,8-9,14,16H,6-7,10-13H2,1-3H3,(H2,19,20,22)/t16-/m1/s1. The maximum absolute atomic E-state index is 12.1. The molecule has 5 nitrogen and oxygen atoms in total. The number of carbonyl (C=O) groups excluding carboxylic acids is 1. The van der Waals surface area contributed by atoms with Crippen molar-refractivity contribution in [3.8, 4) is 5.75 Å². The summed E-state index contributed by atoms with van der Waals surface area (Å²) in [6.45, 7) is 6.80. The fourth-order valence-electron chi connectivity index (χ4n) is 2.65. The van der Waals surface area contributed by atoms with E-state index < -0.39 is 0 Å². The third-order valence-electron chi connectivity index (χ3n) is 4.37. The number of amides is 2. The molecule has 0 spiro atoms. The van der Waals surface area contributed by atoms with E-state index in [1.165, 1.54) is 0 Å². The summed E-state index contributed by atoms with van der Waals surface area (Å²) in [6, 6.07) is 8.41. The molecule has 0 aromatic heterocycles. The molecule has 2 amide bonds. The van der Waals surface area contributed by atoms with E-state index in [1.807, 2.05) is 24.3 Å². The minimum absolute atomic E-state index is 0.0343. The summed E-state index contributed by atoms with van der Waals surface area (Å²) < 4.78 is 5.61. The van der Waals surface area contributed by atoms with Crippen molar-refractivity contribution >= 4 is 6.03 Å². The van der Waals surface area contributed by atoms with Crippen LogP contribution in [0.15, 0.2) is 24.3 Å². The zero-order valence-corrected chi connectivity index (χ0v) is 14.5.